The van der Waals surface area contributed by atoms with Crippen LogP contribution in [0.5, 0.6) is 11.5 Å². The Kier molecular flexibility index (Phi) is 5.66. The second-order valence-electron chi connectivity index (χ2n) is 6.48. The molecule has 2 amide bonds. The molecule has 0 radical (unpaired) electrons. The van der Waals surface area contributed by atoms with Gasteiger partial charge in [0.05, 0.1) is 20.3 Å². The van der Waals surface area contributed by atoms with Gasteiger partial charge in [0.2, 0.25) is 0 Å². The standard InChI is InChI=1S/C21H26N2O3/c1-15-19-9-8-18(25-2)14-17(19)11-13-23(15)21(24)22-12-10-16-6-4-5-7-20(16)26-3/h4-9,14-15H,10-13H2,1-3H3,(H,22,24). The molecule has 0 saturated carbocycles. The second kappa shape index (κ2) is 8.13. The van der Waals surface area contributed by atoms with E-state index in [1.807, 2.05) is 35.2 Å². The Balaban J connectivity index is 1.60. The summed E-state index contributed by atoms with van der Waals surface area (Å²) in [6.07, 6.45) is 1.59. The summed E-state index contributed by atoms with van der Waals surface area (Å²) in [7, 11) is 3.34. The number of methoxy groups -OCH3 is 2. The third kappa shape index (κ3) is 3.77. The first-order chi connectivity index (χ1) is 12.6. The molecule has 1 atom stereocenters. The topological polar surface area (TPSA) is 50.8 Å². The van der Waals surface area contributed by atoms with Gasteiger partial charge in [-0.2, -0.15) is 0 Å². The van der Waals surface area contributed by atoms with E-state index in [0.29, 0.717) is 13.1 Å². The maximum Gasteiger partial charge on any atom is 0.317 e. The van der Waals surface area contributed by atoms with E-state index in [1.165, 1.54) is 11.1 Å². The molecule has 0 fully saturated rings. The lowest BCUT2D eigenvalue weighted by molar-refractivity contribution is 0.175. The van der Waals surface area contributed by atoms with Crippen molar-refractivity contribution in [3.63, 3.8) is 0 Å². The molecule has 0 aromatic heterocycles. The Labute approximate surface area is 154 Å². The van der Waals surface area contributed by atoms with Gasteiger partial charge >= 0.3 is 6.03 Å². The summed E-state index contributed by atoms with van der Waals surface area (Å²) < 4.78 is 10.7. The highest BCUT2D eigenvalue weighted by atomic mass is 16.5. The maximum atomic E-state index is 12.6. The first-order valence-corrected chi connectivity index (χ1v) is 8.97. The highest BCUT2D eigenvalue weighted by Crippen LogP contribution is 2.31. The SMILES string of the molecule is COc1ccc2c(c1)CCN(C(=O)NCCc1ccccc1OC)C2C. The quantitative estimate of drug-likeness (QED) is 0.893. The summed E-state index contributed by atoms with van der Waals surface area (Å²) in [6.45, 7) is 3.37. The molecule has 138 valence electrons. The van der Waals surface area contributed by atoms with Crippen molar-refractivity contribution in [3.8, 4) is 11.5 Å². The highest BCUT2D eigenvalue weighted by molar-refractivity contribution is 5.75. The van der Waals surface area contributed by atoms with Gasteiger partial charge in [0.25, 0.3) is 0 Å². The zero-order valence-corrected chi connectivity index (χ0v) is 15.6. The van der Waals surface area contributed by atoms with E-state index in [4.69, 9.17) is 9.47 Å². The molecule has 5 heteroatoms. The summed E-state index contributed by atoms with van der Waals surface area (Å²) in [5.41, 5.74) is 3.55. The Hall–Kier alpha value is -2.69. The molecule has 1 N–H and O–H groups in total. The highest BCUT2D eigenvalue weighted by Gasteiger charge is 2.27. The van der Waals surface area contributed by atoms with Crippen LogP contribution in [0.4, 0.5) is 4.79 Å². The number of para-hydroxylation sites is 1. The molecule has 5 nitrogen and oxygen atoms in total. The van der Waals surface area contributed by atoms with E-state index < -0.39 is 0 Å². The monoisotopic (exact) mass is 354 g/mol. The van der Waals surface area contributed by atoms with E-state index in [0.717, 1.165) is 29.9 Å². The average Bonchev–Trinajstić information content (AvgIpc) is 2.68. The molecule has 1 heterocycles. The molecular weight excluding hydrogens is 328 g/mol. The summed E-state index contributed by atoms with van der Waals surface area (Å²) >= 11 is 0. The van der Waals surface area contributed by atoms with E-state index in [1.54, 1.807) is 14.2 Å². The Morgan fingerprint density at radius 2 is 2.00 bits per heavy atom. The van der Waals surface area contributed by atoms with Gasteiger partial charge in [-0.3, -0.25) is 0 Å². The fraction of sp³-hybridized carbons (Fsp3) is 0.381. The van der Waals surface area contributed by atoms with Crippen molar-refractivity contribution >= 4 is 6.03 Å². The van der Waals surface area contributed by atoms with E-state index in [-0.39, 0.29) is 12.1 Å². The Morgan fingerprint density at radius 3 is 2.77 bits per heavy atom. The van der Waals surface area contributed by atoms with Crippen molar-refractivity contribution in [1.82, 2.24) is 10.2 Å². The van der Waals surface area contributed by atoms with Gasteiger partial charge in [-0.1, -0.05) is 24.3 Å². The van der Waals surface area contributed by atoms with Crippen LogP contribution in [0.3, 0.4) is 0 Å². The number of amides is 2. The van der Waals surface area contributed by atoms with Crippen molar-refractivity contribution in [1.29, 1.82) is 0 Å². The lowest BCUT2D eigenvalue weighted by Crippen LogP contribution is -2.45. The van der Waals surface area contributed by atoms with Crippen LogP contribution in [0.2, 0.25) is 0 Å². The third-order valence-corrected chi connectivity index (χ3v) is 5.01. The molecule has 1 unspecified atom stereocenters. The summed E-state index contributed by atoms with van der Waals surface area (Å²) in [4.78, 5) is 14.5. The zero-order valence-electron chi connectivity index (χ0n) is 15.6. The lowest BCUT2D eigenvalue weighted by Gasteiger charge is -2.35. The summed E-state index contributed by atoms with van der Waals surface area (Å²) in [5, 5.41) is 3.04. The number of benzene rings is 2. The molecule has 0 aliphatic carbocycles. The lowest BCUT2D eigenvalue weighted by atomic mass is 9.93. The molecule has 3 rings (SSSR count). The molecule has 0 bridgehead atoms. The van der Waals surface area contributed by atoms with Gasteiger partial charge in [-0.25, -0.2) is 4.79 Å². The third-order valence-electron chi connectivity index (χ3n) is 5.01. The molecule has 2 aromatic carbocycles. The molecule has 26 heavy (non-hydrogen) atoms. The van der Waals surface area contributed by atoms with Crippen molar-refractivity contribution in [3.05, 3.63) is 59.2 Å². The molecule has 1 aliphatic rings. The van der Waals surface area contributed by atoms with Crippen molar-refractivity contribution in [2.75, 3.05) is 27.3 Å². The van der Waals surface area contributed by atoms with Crippen molar-refractivity contribution in [2.45, 2.75) is 25.8 Å². The Bertz CT molecular complexity index is 776. The van der Waals surface area contributed by atoms with E-state index in [9.17, 15) is 4.79 Å². The number of rotatable bonds is 5. The number of urea groups is 1. The van der Waals surface area contributed by atoms with Crippen LogP contribution in [0.25, 0.3) is 0 Å². The van der Waals surface area contributed by atoms with E-state index >= 15 is 0 Å². The van der Waals surface area contributed by atoms with Crippen molar-refractivity contribution in [2.24, 2.45) is 0 Å². The van der Waals surface area contributed by atoms with Crippen LogP contribution < -0.4 is 14.8 Å². The zero-order chi connectivity index (χ0) is 18.5. The number of nitrogens with one attached hydrogen (secondary N) is 1. The van der Waals surface area contributed by atoms with Crippen LogP contribution in [0, 0.1) is 0 Å². The number of hydrogen-bond donors (Lipinski definition) is 1. The van der Waals surface area contributed by atoms with Crippen LogP contribution in [-0.4, -0.2) is 38.2 Å². The molecular formula is C21H26N2O3. The largest absolute Gasteiger partial charge is 0.497 e. The summed E-state index contributed by atoms with van der Waals surface area (Å²) in [5.74, 6) is 1.72. The van der Waals surface area contributed by atoms with Gasteiger partial charge in [-0.05, 0) is 54.7 Å². The maximum absolute atomic E-state index is 12.6. The fourth-order valence-electron chi connectivity index (χ4n) is 3.53. The number of fused-ring (bicyclic) bond motifs is 1. The average molecular weight is 354 g/mol. The van der Waals surface area contributed by atoms with Gasteiger partial charge in [0.1, 0.15) is 11.5 Å². The van der Waals surface area contributed by atoms with Gasteiger partial charge in [0, 0.05) is 13.1 Å². The van der Waals surface area contributed by atoms with E-state index in [2.05, 4.69) is 24.4 Å². The minimum absolute atomic E-state index is 0.0196. The van der Waals surface area contributed by atoms with Crippen LogP contribution in [0.15, 0.2) is 42.5 Å². The van der Waals surface area contributed by atoms with Crippen LogP contribution in [-0.2, 0) is 12.8 Å². The fourth-order valence-corrected chi connectivity index (χ4v) is 3.53. The smallest absolute Gasteiger partial charge is 0.317 e. The summed E-state index contributed by atoms with van der Waals surface area (Å²) in [6, 6.07) is 14.0. The van der Waals surface area contributed by atoms with Crippen LogP contribution >= 0.6 is 0 Å². The number of nitrogens with zero attached hydrogens (tertiary/aromatic N) is 1. The number of ether oxygens (including phenoxy) is 2. The van der Waals surface area contributed by atoms with Gasteiger partial charge in [-0.15, -0.1) is 0 Å². The molecule has 0 saturated heterocycles. The number of carbonyl (C=O) groups is 1. The first kappa shape index (κ1) is 18.1. The van der Waals surface area contributed by atoms with Crippen molar-refractivity contribution < 1.29 is 14.3 Å². The predicted octanol–water partition coefficient (Wildman–Crippen LogP) is 3.58. The van der Waals surface area contributed by atoms with Crippen LogP contribution in [0.1, 0.15) is 29.7 Å². The molecule has 0 spiro atoms. The molecule has 2 aromatic rings. The number of hydrogen-bond acceptors (Lipinski definition) is 3. The normalized spacial score (nSPS) is 16.0. The minimum atomic E-state index is -0.0196. The minimum Gasteiger partial charge on any atom is -0.497 e. The molecule has 1 aliphatic heterocycles. The van der Waals surface area contributed by atoms with Gasteiger partial charge < -0.3 is 19.7 Å². The van der Waals surface area contributed by atoms with Gasteiger partial charge in [0.15, 0.2) is 0 Å². The first-order valence-electron chi connectivity index (χ1n) is 8.97. The predicted molar refractivity (Wildman–Crippen MR) is 102 cm³/mol. The number of carbonyl (C=O) groups excluding carboxylic acids is 1. The second-order valence-corrected chi connectivity index (χ2v) is 6.48. The Morgan fingerprint density at radius 1 is 1.19 bits per heavy atom.